The number of nitro groups is 1. The number of esters is 1. The van der Waals surface area contributed by atoms with Gasteiger partial charge in [0.15, 0.2) is 6.61 Å². The maximum atomic E-state index is 13.3. The van der Waals surface area contributed by atoms with Gasteiger partial charge in [-0.2, -0.15) is 0 Å². The van der Waals surface area contributed by atoms with Crippen molar-refractivity contribution in [2.75, 3.05) is 11.3 Å². The van der Waals surface area contributed by atoms with Crippen molar-refractivity contribution in [1.29, 1.82) is 0 Å². The van der Waals surface area contributed by atoms with Crippen LogP contribution in [0.4, 0.5) is 11.4 Å². The number of Topliss-reactive ketones (excluding diaryl/α,β-unsaturated/α-hetero) is 1. The van der Waals surface area contributed by atoms with Crippen LogP contribution in [0.1, 0.15) is 32.0 Å². The predicted molar refractivity (Wildman–Crippen MR) is 145 cm³/mol. The fourth-order valence-corrected chi connectivity index (χ4v) is 5.09. The van der Waals surface area contributed by atoms with Gasteiger partial charge in [-0.05, 0) is 43.7 Å². The number of para-hydroxylation sites is 1. The Bertz CT molecular complexity index is 1810. The number of ether oxygens (including phenoxy) is 1. The Labute approximate surface area is 228 Å². The highest BCUT2D eigenvalue weighted by Crippen LogP contribution is 2.22. The van der Waals surface area contributed by atoms with Crippen LogP contribution in [0.25, 0.3) is 5.69 Å². The van der Waals surface area contributed by atoms with Gasteiger partial charge in [0.2, 0.25) is 5.78 Å². The highest BCUT2D eigenvalue weighted by Gasteiger charge is 2.24. The van der Waals surface area contributed by atoms with E-state index in [2.05, 4.69) is 4.72 Å². The number of aromatic nitrogens is 2. The molecular formula is C27H24N4O8S. The molecule has 0 atom stereocenters. The van der Waals surface area contributed by atoms with Crippen LogP contribution in [-0.2, 0) is 21.8 Å². The number of hydrogen-bond donors (Lipinski definition) is 1. The van der Waals surface area contributed by atoms with Crippen LogP contribution in [0.2, 0.25) is 0 Å². The third-order valence-electron chi connectivity index (χ3n) is 6.24. The first-order valence-corrected chi connectivity index (χ1v) is 13.3. The van der Waals surface area contributed by atoms with E-state index in [0.29, 0.717) is 16.9 Å². The normalized spacial score (nSPS) is 11.2. The van der Waals surface area contributed by atoms with Gasteiger partial charge >= 0.3 is 5.97 Å². The summed E-state index contributed by atoms with van der Waals surface area (Å²) in [7, 11) is -2.70. The van der Waals surface area contributed by atoms with Gasteiger partial charge in [-0.15, -0.1) is 0 Å². The van der Waals surface area contributed by atoms with E-state index in [9.17, 15) is 32.9 Å². The molecule has 0 radical (unpaired) electrons. The minimum absolute atomic E-state index is 0.0151. The second kappa shape index (κ2) is 11.0. The molecule has 3 aromatic carbocycles. The summed E-state index contributed by atoms with van der Waals surface area (Å²) in [5, 5.41) is 10.9. The number of carbonyl (C=O) groups excluding carboxylic acids is 2. The van der Waals surface area contributed by atoms with Crippen molar-refractivity contribution in [3.05, 3.63) is 116 Å². The van der Waals surface area contributed by atoms with E-state index in [1.54, 1.807) is 51.2 Å². The van der Waals surface area contributed by atoms with Gasteiger partial charge in [-0.3, -0.25) is 29.1 Å². The van der Waals surface area contributed by atoms with Crippen molar-refractivity contribution < 1.29 is 27.7 Å². The quantitative estimate of drug-likeness (QED) is 0.140. The zero-order valence-corrected chi connectivity index (χ0v) is 22.5. The molecular weight excluding hydrogens is 540 g/mol. The van der Waals surface area contributed by atoms with Crippen molar-refractivity contribution in [2.45, 2.75) is 18.7 Å². The van der Waals surface area contributed by atoms with Crippen molar-refractivity contribution in [2.24, 2.45) is 7.05 Å². The Kier molecular flexibility index (Phi) is 7.68. The lowest BCUT2D eigenvalue weighted by Gasteiger charge is -2.11. The van der Waals surface area contributed by atoms with Gasteiger partial charge < -0.3 is 4.74 Å². The molecule has 1 heterocycles. The Morgan fingerprint density at radius 3 is 2.38 bits per heavy atom. The molecule has 0 bridgehead atoms. The second-order valence-corrected chi connectivity index (χ2v) is 10.5. The Morgan fingerprint density at radius 2 is 1.70 bits per heavy atom. The van der Waals surface area contributed by atoms with Crippen LogP contribution in [0.15, 0.2) is 82.5 Å². The number of hydrogen-bond acceptors (Lipinski definition) is 8. The number of non-ortho nitro benzene ring substituents is 1. The Hall–Kier alpha value is -5.04. The first-order valence-electron chi connectivity index (χ1n) is 11.8. The molecule has 0 aliphatic heterocycles. The average Bonchev–Trinajstić information content (AvgIpc) is 3.14. The summed E-state index contributed by atoms with van der Waals surface area (Å²) in [5.41, 5.74) is 0.142. The van der Waals surface area contributed by atoms with E-state index < -0.39 is 38.9 Å². The summed E-state index contributed by atoms with van der Waals surface area (Å²) >= 11 is 0. The van der Waals surface area contributed by atoms with E-state index in [1.165, 1.54) is 39.7 Å². The summed E-state index contributed by atoms with van der Waals surface area (Å²) in [6.07, 6.45) is 0. The molecule has 0 fully saturated rings. The van der Waals surface area contributed by atoms with Crippen LogP contribution in [-0.4, -0.2) is 41.1 Å². The Morgan fingerprint density at radius 1 is 1.00 bits per heavy atom. The summed E-state index contributed by atoms with van der Waals surface area (Å²) in [4.78, 5) is 48.3. The number of sulfonamides is 1. The van der Waals surface area contributed by atoms with E-state index >= 15 is 0 Å². The molecule has 4 aromatic rings. The molecule has 0 aliphatic rings. The fraction of sp³-hybridized carbons (Fsp3) is 0.148. The largest absolute Gasteiger partial charge is 0.454 e. The summed E-state index contributed by atoms with van der Waals surface area (Å²) in [5.74, 6) is -1.63. The van der Waals surface area contributed by atoms with Gasteiger partial charge in [-0.1, -0.05) is 36.4 Å². The van der Waals surface area contributed by atoms with Gasteiger partial charge in [0, 0.05) is 24.7 Å². The molecule has 206 valence electrons. The summed E-state index contributed by atoms with van der Waals surface area (Å²) < 4.78 is 36.8. The monoisotopic (exact) mass is 564 g/mol. The van der Waals surface area contributed by atoms with Gasteiger partial charge in [0.05, 0.1) is 26.8 Å². The van der Waals surface area contributed by atoms with Crippen LogP contribution in [0.5, 0.6) is 0 Å². The van der Waals surface area contributed by atoms with Crippen molar-refractivity contribution in [3.8, 4) is 5.69 Å². The molecule has 0 unspecified atom stereocenters. The van der Waals surface area contributed by atoms with E-state index in [1.807, 2.05) is 0 Å². The summed E-state index contributed by atoms with van der Waals surface area (Å²) in [6.45, 7) is 2.44. The number of ketones is 1. The first-order chi connectivity index (χ1) is 18.9. The van der Waals surface area contributed by atoms with Crippen LogP contribution < -0.4 is 10.3 Å². The van der Waals surface area contributed by atoms with Crippen molar-refractivity contribution in [1.82, 2.24) is 9.36 Å². The predicted octanol–water partition coefficient (Wildman–Crippen LogP) is 3.54. The average molecular weight is 565 g/mol. The van der Waals surface area contributed by atoms with Crippen LogP contribution >= 0.6 is 0 Å². The highest BCUT2D eigenvalue weighted by atomic mass is 32.2. The minimum atomic E-state index is -4.32. The van der Waals surface area contributed by atoms with Gasteiger partial charge in [0.1, 0.15) is 5.69 Å². The van der Waals surface area contributed by atoms with E-state index in [4.69, 9.17) is 4.74 Å². The zero-order chi connectivity index (χ0) is 29.2. The number of nitro benzene ring substituents is 1. The smallest absolute Gasteiger partial charge is 0.338 e. The SMILES string of the molecule is Cc1ccc(S(=O)(=O)Nc2c(C)n(C)n(-c3ccccc3)c2=O)cc1C(=O)OCC(=O)c1cccc([N+](=O)[O-])c1. The number of aryl methyl sites for hydroxylation is 1. The highest BCUT2D eigenvalue weighted by molar-refractivity contribution is 7.92. The van der Waals surface area contributed by atoms with Crippen molar-refractivity contribution >= 4 is 33.2 Å². The maximum Gasteiger partial charge on any atom is 0.338 e. The van der Waals surface area contributed by atoms with Gasteiger partial charge in [0.25, 0.3) is 21.3 Å². The first kappa shape index (κ1) is 28.0. The molecule has 1 N–H and O–H groups in total. The van der Waals surface area contributed by atoms with Gasteiger partial charge in [-0.25, -0.2) is 17.9 Å². The molecule has 12 nitrogen and oxygen atoms in total. The number of nitrogens with one attached hydrogen (secondary N) is 1. The standard InChI is InChI=1S/C27H24N4O8S/c1-17-12-13-22(15-23(17)27(34)39-16-24(32)19-8-7-11-21(14-19)31(35)36)40(37,38)28-25-18(2)29(3)30(26(25)33)20-9-5-4-6-10-20/h4-15,28H,16H2,1-3H3. The molecule has 0 aliphatic carbocycles. The molecule has 1 aromatic heterocycles. The minimum Gasteiger partial charge on any atom is -0.454 e. The molecule has 0 saturated carbocycles. The number of nitrogens with zero attached hydrogens (tertiary/aromatic N) is 3. The lowest BCUT2D eigenvalue weighted by Crippen LogP contribution is -2.23. The third-order valence-corrected chi connectivity index (χ3v) is 7.59. The van der Waals surface area contributed by atoms with Crippen molar-refractivity contribution in [3.63, 3.8) is 0 Å². The molecule has 4 rings (SSSR count). The number of benzene rings is 3. The lowest BCUT2D eigenvalue weighted by atomic mass is 10.1. The third kappa shape index (κ3) is 5.54. The summed E-state index contributed by atoms with van der Waals surface area (Å²) in [6, 6.07) is 17.4. The second-order valence-electron chi connectivity index (χ2n) is 8.83. The molecule has 0 spiro atoms. The Balaban J connectivity index is 1.56. The zero-order valence-electron chi connectivity index (χ0n) is 21.7. The number of anilines is 1. The molecule has 0 saturated heterocycles. The fourth-order valence-electron chi connectivity index (χ4n) is 3.95. The molecule has 0 amide bonds. The molecule has 40 heavy (non-hydrogen) atoms. The lowest BCUT2D eigenvalue weighted by molar-refractivity contribution is -0.384. The van der Waals surface area contributed by atoms with E-state index in [0.717, 1.165) is 12.1 Å². The van der Waals surface area contributed by atoms with Crippen LogP contribution in [0, 0.1) is 24.0 Å². The van der Waals surface area contributed by atoms with Crippen LogP contribution in [0.3, 0.4) is 0 Å². The number of carbonyl (C=O) groups is 2. The topological polar surface area (TPSA) is 160 Å². The van der Waals surface area contributed by atoms with E-state index in [-0.39, 0.29) is 27.4 Å². The maximum absolute atomic E-state index is 13.3. The number of rotatable bonds is 9. The molecule has 13 heteroatoms.